The van der Waals surface area contributed by atoms with Gasteiger partial charge in [-0.1, -0.05) is 6.07 Å². The maximum Gasteiger partial charge on any atom is 0.332 e. The molecule has 1 aromatic heterocycles. The van der Waals surface area contributed by atoms with Crippen LogP contribution >= 0.6 is 0 Å². The van der Waals surface area contributed by atoms with Crippen LogP contribution in [0, 0.1) is 5.82 Å². The Morgan fingerprint density at radius 1 is 1.08 bits per heavy atom. The highest BCUT2D eigenvalue weighted by Gasteiger charge is 2.59. The number of urea groups is 1. The van der Waals surface area contributed by atoms with E-state index in [1.165, 1.54) is 30.3 Å². The van der Waals surface area contributed by atoms with Crippen molar-refractivity contribution in [2.24, 2.45) is 0 Å². The third-order valence-corrected chi connectivity index (χ3v) is 7.24. The number of hydrogen-bond acceptors (Lipinski definition) is 4. The zero-order valence-corrected chi connectivity index (χ0v) is 20.2. The van der Waals surface area contributed by atoms with Gasteiger partial charge in [0.1, 0.15) is 11.6 Å². The molecular formula is C28H23FN4O4. The summed E-state index contributed by atoms with van der Waals surface area (Å²) in [7, 11) is 1.61. The van der Waals surface area contributed by atoms with Crippen molar-refractivity contribution in [2.75, 3.05) is 23.9 Å². The third kappa shape index (κ3) is 3.38. The molecule has 3 heterocycles. The minimum absolute atomic E-state index is 0.308. The second kappa shape index (κ2) is 8.19. The number of anilines is 2. The van der Waals surface area contributed by atoms with E-state index in [9.17, 15) is 18.8 Å². The number of methoxy groups -OCH3 is 1. The van der Waals surface area contributed by atoms with Gasteiger partial charge in [-0.2, -0.15) is 0 Å². The Kier molecular flexibility index (Phi) is 5.04. The number of aromatic nitrogens is 1. The number of halogens is 1. The van der Waals surface area contributed by atoms with Crippen LogP contribution in [0.5, 0.6) is 5.75 Å². The van der Waals surface area contributed by atoms with E-state index < -0.39 is 23.3 Å². The van der Waals surface area contributed by atoms with Crippen LogP contribution in [-0.4, -0.2) is 41.4 Å². The van der Waals surface area contributed by atoms with Crippen molar-refractivity contribution in [1.82, 2.24) is 9.88 Å². The van der Waals surface area contributed by atoms with Crippen molar-refractivity contribution in [1.29, 1.82) is 0 Å². The molecule has 4 aromatic rings. The van der Waals surface area contributed by atoms with Crippen LogP contribution in [-0.2, 0) is 16.8 Å². The number of rotatable bonds is 4. The number of nitrogens with zero attached hydrogens (tertiary/aromatic N) is 2. The minimum Gasteiger partial charge on any atom is -0.497 e. The van der Waals surface area contributed by atoms with Gasteiger partial charge in [-0.25, -0.2) is 14.1 Å². The molecule has 37 heavy (non-hydrogen) atoms. The molecule has 1 fully saturated rings. The molecule has 1 saturated heterocycles. The molecule has 0 saturated carbocycles. The van der Waals surface area contributed by atoms with Gasteiger partial charge in [-0.3, -0.25) is 9.59 Å². The quantitative estimate of drug-likeness (QED) is 0.395. The van der Waals surface area contributed by atoms with E-state index in [4.69, 9.17) is 4.74 Å². The van der Waals surface area contributed by atoms with E-state index in [2.05, 4.69) is 10.3 Å². The number of hydrogen-bond donors (Lipinski definition) is 2. The first kappa shape index (κ1) is 22.8. The molecule has 0 spiro atoms. The lowest BCUT2D eigenvalue weighted by Crippen LogP contribution is -2.49. The van der Waals surface area contributed by atoms with Gasteiger partial charge < -0.3 is 19.9 Å². The van der Waals surface area contributed by atoms with Crippen LogP contribution in [0.3, 0.4) is 0 Å². The molecule has 8 nitrogen and oxygen atoms in total. The first-order chi connectivity index (χ1) is 17.8. The van der Waals surface area contributed by atoms with Crippen LogP contribution in [0.4, 0.5) is 20.6 Å². The van der Waals surface area contributed by atoms with Crippen molar-refractivity contribution in [3.63, 3.8) is 0 Å². The van der Waals surface area contributed by atoms with E-state index in [0.717, 1.165) is 27.1 Å². The highest BCUT2D eigenvalue weighted by atomic mass is 19.1. The largest absolute Gasteiger partial charge is 0.497 e. The number of H-pyrrole nitrogens is 1. The maximum absolute atomic E-state index is 13.8. The fourth-order valence-corrected chi connectivity index (χ4v) is 5.30. The lowest BCUT2D eigenvalue weighted by atomic mass is 9.87. The highest BCUT2D eigenvalue weighted by Crippen LogP contribution is 2.45. The van der Waals surface area contributed by atoms with Crippen molar-refractivity contribution in [2.45, 2.75) is 18.9 Å². The summed E-state index contributed by atoms with van der Waals surface area (Å²) in [6.45, 7) is 2.15. The van der Waals surface area contributed by atoms with Gasteiger partial charge in [0, 0.05) is 28.7 Å². The van der Waals surface area contributed by atoms with Crippen LogP contribution in [0.2, 0.25) is 0 Å². The second-order valence-corrected chi connectivity index (χ2v) is 9.30. The molecule has 2 aliphatic rings. The van der Waals surface area contributed by atoms with Gasteiger partial charge in [-0.05, 0) is 79.6 Å². The summed E-state index contributed by atoms with van der Waals surface area (Å²) >= 11 is 0. The number of nitrogens with one attached hydrogen (secondary N) is 2. The van der Waals surface area contributed by atoms with Crippen LogP contribution in [0.1, 0.15) is 28.5 Å². The molecule has 1 atom stereocenters. The Balaban J connectivity index is 1.31. The Labute approximate surface area is 211 Å². The van der Waals surface area contributed by atoms with Crippen molar-refractivity contribution >= 4 is 40.1 Å². The first-order valence-corrected chi connectivity index (χ1v) is 11.8. The SMILES string of the molecule is COc1ccc2[nH]c3c(c2c1)CCN1C(=O)N(c2ccc(C(=O)Nc4cccc(F)c4)cc2)C(=O)[C@]31C. The fraction of sp³-hybridized carbons (Fsp3) is 0.179. The van der Waals surface area contributed by atoms with E-state index in [1.54, 1.807) is 37.1 Å². The Bertz CT molecular complexity index is 1600. The molecule has 9 heteroatoms. The van der Waals surface area contributed by atoms with E-state index in [0.29, 0.717) is 35.6 Å². The van der Waals surface area contributed by atoms with Gasteiger partial charge >= 0.3 is 6.03 Å². The minimum atomic E-state index is -1.19. The molecule has 0 unspecified atom stereocenters. The van der Waals surface area contributed by atoms with Gasteiger partial charge in [0.2, 0.25) is 0 Å². The Morgan fingerprint density at radius 3 is 2.59 bits per heavy atom. The summed E-state index contributed by atoms with van der Waals surface area (Å²) < 4.78 is 18.8. The highest BCUT2D eigenvalue weighted by molar-refractivity contribution is 6.23. The zero-order valence-electron chi connectivity index (χ0n) is 20.2. The number of aromatic amines is 1. The molecule has 2 N–H and O–H groups in total. The monoisotopic (exact) mass is 498 g/mol. The van der Waals surface area contributed by atoms with Gasteiger partial charge in [0.15, 0.2) is 5.54 Å². The number of carbonyl (C=O) groups is 3. The third-order valence-electron chi connectivity index (χ3n) is 7.24. The molecule has 6 rings (SSSR count). The molecule has 4 amide bonds. The summed E-state index contributed by atoms with van der Waals surface area (Å²) in [4.78, 5) is 46.0. The first-order valence-electron chi connectivity index (χ1n) is 11.8. The predicted octanol–water partition coefficient (Wildman–Crippen LogP) is 4.81. The molecule has 3 aromatic carbocycles. The van der Waals surface area contributed by atoms with Crippen molar-refractivity contribution < 1.29 is 23.5 Å². The van der Waals surface area contributed by atoms with Crippen LogP contribution in [0.25, 0.3) is 10.9 Å². The summed E-state index contributed by atoms with van der Waals surface area (Å²) in [6.07, 6.45) is 0.601. The van der Waals surface area contributed by atoms with Crippen LogP contribution in [0.15, 0.2) is 66.7 Å². The standard InChI is InChI=1S/C28H23FN4O4/c1-28-24-21(22-15-20(37-2)10-11-23(22)31-24)12-13-32(28)27(36)33(26(28)35)19-8-6-16(7-9-19)25(34)30-18-5-3-4-17(29)14-18/h3-11,14-15,31H,12-13H2,1-2H3,(H,30,34)/t28-/m0/s1. The summed E-state index contributed by atoms with van der Waals surface area (Å²) in [6, 6.07) is 17.1. The lowest BCUT2D eigenvalue weighted by molar-refractivity contribution is -0.125. The van der Waals surface area contributed by atoms with Gasteiger partial charge in [0.25, 0.3) is 11.8 Å². The second-order valence-electron chi connectivity index (χ2n) is 9.30. The van der Waals surface area contributed by atoms with E-state index in [-0.39, 0.29) is 5.91 Å². The number of carbonyl (C=O) groups excluding carboxylic acids is 3. The summed E-state index contributed by atoms with van der Waals surface area (Å²) in [5.41, 5.74) is 2.39. The van der Waals surface area contributed by atoms with Gasteiger partial charge in [-0.15, -0.1) is 0 Å². The zero-order chi connectivity index (χ0) is 25.9. The van der Waals surface area contributed by atoms with Crippen molar-refractivity contribution in [3.8, 4) is 5.75 Å². The smallest absolute Gasteiger partial charge is 0.332 e. The molecule has 0 bridgehead atoms. The lowest BCUT2D eigenvalue weighted by Gasteiger charge is -2.35. The van der Waals surface area contributed by atoms with Crippen molar-refractivity contribution in [3.05, 3.63) is 89.4 Å². The molecule has 186 valence electrons. The molecular weight excluding hydrogens is 475 g/mol. The molecule has 0 aliphatic carbocycles. The summed E-state index contributed by atoms with van der Waals surface area (Å²) in [5, 5.41) is 3.61. The topological polar surface area (TPSA) is 94.7 Å². The van der Waals surface area contributed by atoms with E-state index >= 15 is 0 Å². The van der Waals surface area contributed by atoms with Crippen LogP contribution < -0.4 is 15.0 Å². The number of ether oxygens (including phenoxy) is 1. The van der Waals surface area contributed by atoms with E-state index in [1.807, 2.05) is 18.2 Å². The number of benzene rings is 3. The summed E-state index contributed by atoms with van der Waals surface area (Å²) in [5.74, 6) is -0.534. The molecule has 0 radical (unpaired) electrons. The Morgan fingerprint density at radius 2 is 1.86 bits per heavy atom. The van der Waals surface area contributed by atoms with Gasteiger partial charge in [0.05, 0.1) is 18.5 Å². The molecule has 2 aliphatic heterocycles. The average Bonchev–Trinajstić information content (AvgIpc) is 3.36. The number of amides is 4. The normalized spacial score (nSPS) is 18.7. The maximum atomic E-state index is 13.8. The predicted molar refractivity (Wildman–Crippen MR) is 136 cm³/mol. The fourth-order valence-electron chi connectivity index (χ4n) is 5.30. The number of imide groups is 1. The number of fused-ring (bicyclic) bond motifs is 5. The Hall–Kier alpha value is -4.66. The average molecular weight is 499 g/mol.